The molecule has 0 aromatic rings. The van der Waals surface area contributed by atoms with E-state index in [1.807, 2.05) is 0 Å². The molecule has 0 aliphatic heterocycles. The molecule has 2 N–H and O–H groups in total. The number of methoxy groups -OCH3 is 1. The second-order valence-corrected chi connectivity index (χ2v) is 6.19. The molecule has 2 unspecified atom stereocenters. The van der Waals surface area contributed by atoms with Crippen LogP contribution in [-0.2, 0) is 4.74 Å². The van der Waals surface area contributed by atoms with E-state index in [2.05, 4.69) is 13.8 Å². The van der Waals surface area contributed by atoms with E-state index < -0.39 is 0 Å². The van der Waals surface area contributed by atoms with Gasteiger partial charge in [-0.3, -0.25) is 4.99 Å². The van der Waals surface area contributed by atoms with Crippen molar-refractivity contribution < 1.29 is 4.74 Å². The van der Waals surface area contributed by atoms with Crippen molar-refractivity contribution in [2.45, 2.75) is 64.5 Å². The van der Waals surface area contributed by atoms with Crippen LogP contribution in [0.15, 0.2) is 4.99 Å². The maximum absolute atomic E-state index is 6.18. The summed E-state index contributed by atoms with van der Waals surface area (Å²) in [4.78, 5) is 4.77. The van der Waals surface area contributed by atoms with E-state index in [9.17, 15) is 0 Å². The molecule has 0 aromatic carbocycles. The smallest absolute Gasteiger partial charge is 0.0972 e. The minimum Gasteiger partial charge on any atom is -0.387 e. The molecule has 2 aliphatic rings. The van der Waals surface area contributed by atoms with Gasteiger partial charge in [0.2, 0.25) is 0 Å². The largest absolute Gasteiger partial charge is 0.387 e. The molecule has 3 heteroatoms. The van der Waals surface area contributed by atoms with E-state index in [1.165, 1.54) is 32.1 Å². The number of nitrogens with two attached hydrogens (primary N) is 1. The first-order valence-corrected chi connectivity index (χ1v) is 6.91. The number of hydrogen-bond acceptors (Lipinski definition) is 2. The SMILES string of the molecule is COC1CC(N=C(N)C2CCCCC2)C1(C)C. The molecule has 0 heterocycles. The Hall–Kier alpha value is -0.570. The predicted octanol–water partition coefficient (Wildman–Crippen LogP) is 2.74. The lowest BCUT2D eigenvalue weighted by Crippen LogP contribution is -2.54. The number of hydrogen-bond donors (Lipinski definition) is 1. The summed E-state index contributed by atoms with van der Waals surface area (Å²) in [5, 5.41) is 0. The van der Waals surface area contributed by atoms with E-state index in [1.54, 1.807) is 7.11 Å². The lowest BCUT2D eigenvalue weighted by atomic mass is 9.64. The summed E-state index contributed by atoms with van der Waals surface area (Å²) >= 11 is 0. The van der Waals surface area contributed by atoms with Crippen molar-refractivity contribution >= 4 is 5.84 Å². The highest BCUT2D eigenvalue weighted by molar-refractivity contribution is 5.83. The summed E-state index contributed by atoms with van der Waals surface area (Å²) in [6.07, 6.45) is 7.83. The van der Waals surface area contributed by atoms with Crippen molar-refractivity contribution in [3.63, 3.8) is 0 Å². The van der Waals surface area contributed by atoms with Gasteiger partial charge in [0.05, 0.1) is 18.0 Å². The van der Waals surface area contributed by atoms with Crippen LogP contribution in [0.3, 0.4) is 0 Å². The van der Waals surface area contributed by atoms with Crippen LogP contribution in [0.25, 0.3) is 0 Å². The molecule has 2 rings (SSSR count). The number of nitrogens with zero attached hydrogens (tertiary/aromatic N) is 1. The van der Waals surface area contributed by atoms with Crippen molar-refractivity contribution in [1.82, 2.24) is 0 Å². The zero-order chi connectivity index (χ0) is 12.5. The lowest BCUT2D eigenvalue weighted by Gasteiger charge is -2.49. The number of aliphatic imine (C=N–C) groups is 1. The number of rotatable bonds is 3. The van der Waals surface area contributed by atoms with Crippen molar-refractivity contribution in [3.05, 3.63) is 0 Å². The van der Waals surface area contributed by atoms with Crippen molar-refractivity contribution in [3.8, 4) is 0 Å². The fraction of sp³-hybridized carbons (Fsp3) is 0.929. The summed E-state index contributed by atoms with van der Waals surface area (Å²) in [6.45, 7) is 4.46. The van der Waals surface area contributed by atoms with E-state index in [-0.39, 0.29) is 5.41 Å². The maximum atomic E-state index is 6.18. The molecule has 98 valence electrons. The van der Waals surface area contributed by atoms with Gasteiger partial charge in [0, 0.05) is 18.4 Å². The average Bonchev–Trinajstić information content (AvgIpc) is 2.34. The van der Waals surface area contributed by atoms with Gasteiger partial charge in [0.1, 0.15) is 0 Å². The summed E-state index contributed by atoms with van der Waals surface area (Å²) in [6, 6.07) is 0.356. The van der Waals surface area contributed by atoms with Crippen LogP contribution in [-0.4, -0.2) is 25.1 Å². The van der Waals surface area contributed by atoms with Gasteiger partial charge in [-0.15, -0.1) is 0 Å². The molecule has 2 fully saturated rings. The Bertz CT molecular complexity index is 293. The van der Waals surface area contributed by atoms with Gasteiger partial charge in [-0.1, -0.05) is 33.1 Å². The highest BCUT2D eigenvalue weighted by Gasteiger charge is 2.48. The molecule has 2 aliphatic carbocycles. The van der Waals surface area contributed by atoms with Gasteiger partial charge >= 0.3 is 0 Å². The summed E-state index contributed by atoms with van der Waals surface area (Å²) < 4.78 is 5.45. The molecule has 0 amide bonds. The van der Waals surface area contributed by atoms with Crippen molar-refractivity contribution in [1.29, 1.82) is 0 Å². The van der Waals surface area contributed by atoms with Crippen LogP contribution in [0.2, 0.25) is 0 Å². The zero-order valence-electron chi connectivity index (χ0n) is 11.4. The molecule has 2 atom stereocenters. The molecular formula is C14H26N2O. The van der Waals surface area contributed by atoms with E-state index >= 15 is 0 Å². The third kappa shape index (κ3) is 2.49. The second kappa shape index (κ2) is 4.97. The van der Waals surface area contributed by atoms with E-state index in [4.69, 9.17) is 15.5 Å². The first-order valence-electron chi connectivity index (χ1n) is 6.91. The van der Waals surface area contributed by atoms with Crippen molar-refractivity contribution in [2.24, 2.45) is 22.1 Å². The second-order valence-electron chi connectivity index (χ2n) is 6.19. The molecule has 0 bridgehead atoms. The number of ether oxygens (including phenoxy) is 1. The molecule has 2 saturated carbocycles. The monoisotopic (exact) mass is 238 g/mol. The van der Waals surface area contributed by atoms with E-state index in [0.29, 0.717) is 18.1 Å². The van der Waals surface area contributed by atoms with Crippen LogP contribution >= 0.6 is 0 Å². The lowest BCUT2D eigenvalue weighted by molar-refractivity contribution is -0.0851. The predicted molar refractivity (Wildman–Crippen MR) is 71.2 cm³/mol. The Balaban J connectivity index is 1.95. The zero-order valence-corrected chi connectivity index (χ0v) is 11.4. The normalized spacial score (nSPS) is 34.4. The fourth-order valence-corrected chi connectivity index (χ4v) is 3.17. The van der Waals surface area contributed by atoms with Crippen LogP contribution in [0, 0.1) is 11.3 Å². The highest BCUT2D eigenvalue weighted by Crippen LogP contribution is 2.44. The Morgan fingerprint density at radius 3 is 2.41 bits per heavy atom. The third-order valence-electron chi connectivity index (χ3n) is 4.74. The Kier molecular flexibility index (Phi) is 3.76. The average molecular weight is 238 g/mol. The van der Waals surface area contributed by atoms with E-state index in [0.717, 1.165) is 12.3 Å². The van der Waals surface area contributed by atoms with Gasteiger partial charge in [-0.05, 0) is 19.3 Å². The fourth-order valence-electron chi connectivity index (χ4n) is 3.17. The Labute approximate surface area is 105 Å². The third-order valence-corrected chi connectivity index (χ3v) is 4.74. The van der Waals surface area contributed by atoms with Crippen LogP contribution in [0.5, 0.6) is 0 Å². The van der Waals surface area contributed by atoms with Gasteiger partial charge in [-0.2, -0.15) is 0 Å². The van der Waals surface area contributed by atoms with Gasteiger partial charge < -0.3 is 10.5 Å². The Morgan fingerprint density at radius 1 is 1.24 bits per heavy atom. The quantitative estimate of drug-likeness (QED) is 0.607. The standard InChI is InChI=1S/C14H26N2O/c1-14(2)11(9-12(14)17-3)16-13(15)10-7-5-4-6-8-10/h10-12H,4-9H2,1-3H3,(H2,15,16). The van der Waals surface area contributed by atoms with Gasteiger partial charge in [0.15, 0.2) is 0 Å². The molecule has 3 nitrogen and oxygen atoms in total. The van der Waals surface area contributed by atoms with Gasteiger partial charge in [-0.25, -0.2) is 0 Å². The highest BCUT2D eigenvalue weighted by atomic mass is 16.5. The topological polar surface area (TPSA) is 47.6 Å². The van der Waals surface area contributed by atoms with Crippen LogP contribution in [0.1, 0.15) is 52.4 Å². The van der Waals surface area contributed by atoms with Crippen molar-refractivity contribution in [2.75, 3.05) is 7.11 Å². The minimum atomic E-state index is 0.147. The molecule has 0 radical (unpaired) electrons. The summed E-state index contributed by atoms with van der Waals surface area (Å²) in [5.74, 6) is 1.44. The molecule has 0 aromatic heterocycles. The minimum absolute atomic E-state index is 0.147. The van der Waals surface area contributed by atoms with Gasteiger partial charge in [0.25, 0.3) is 0 Å². The first-order chi connectivity index (χ1) is 8.05. The Morgan fingerprint density at radius 2 is 1.88 bits per heavy atom. The first kappa shape index (κ1) is 12.9. The number of amidine groups is 1. The molecule has 0 saturated heterocycles. The van der Waals surface area contributed by atoms with Crippen LogP contribution < -0.4 is 5.73 Å². The van der Waals surface area contributed by atoms with Crippen LogP contribution in [0.4, 0.5) is 0 Å². The summed E-state index contributed by atoms with van der Waals surface area (Å²) in [7, 11) is 1.79. The molecule has 0 spiro atoms. The maximum Gasteiger partial charge on any atom is 0.0972 e. The molecule has 17 heavy (non-hydrogen) atoms. The summed E-state index contributed by atoms with van der Waals surface area (Å²) in [5.41, 5.74) is 6.32. The molecular weight excluding hydrogens is 212 g/mol.